The number of methoxy groups -OCH3 is 1. The zero-order valence-electron chi connectivity index (χ0n) is 14.8. The standard InChI is InChI=1S/C18H24N4O4/c1-26-11-10-19-8-9-20-15(23)12-22-16(24)18(21-17(22)25)7-6-13-4-2-3-5-14(13)18/h2-5,19H,6-12H2,1H3,(H,20,23)(H,21,25). The van der Waals surface area contributed by atoms with Crippen LogP contribution in [0.25, 0.3) is 0 Å². The lowest BCUT2D eigenvalue weighted by molar-refractivity contribution is -0.135. The molecule has 1 atom stereocenters. The van der Waals surface area contributed by atoms with Gasteiger partial charge in [-0.3, -0.25) is 14.5 Å². The third-order valence-corrected chi connectivity index (χ3v) is 4.83. The highest BCUT2D eigenvalue weighted by Crippen LogP contribution is 2.41. The number of rotatable bonds is 8. The van der Waals surface area contributed by atoms with Crippen molar-refractivity contribution < 1.29 is 19.1 Å². The summed E-state index contributed by atoms with van der Waals surface area (Å²) in [5.41, 5.74) is 0.883. The lowest BCUT2D eigenvalue weighted by Crippen LogP contribution is -2.44. The van der Waals surface area contributed by atoms with Gasteiger partial charge in [0.15, 0.2) is 0 Å². The SMILES string of the molecule is COCCNCCNC(=O)CN1C(=O)NC2(CCc3ccccc32)C1=O. The highest BCUT2D eigenvalue weighted by atomic mass is 16.5. The molecule has 1 spiro atoms. The number of carbonyl (C=O) groups is 3. The third kappa shape index (κ3) is 3.42. The molecular weight excluding hydrogens is 336 g/mol. The summed E-state index contributed by atoms with van der Waals surface area (Å²) in [6.07, 6.45) is 1.26. The number of fused-ring (bicyclic) bond motifs is 2. The lowest BCUT2D eigenvalue weighted by Gasteiger charge is -2.22. The molecule has 8 nitrogen and oxygen atoms in total. The molecule has 1 aromatic carbocycles. The number of aryl methyl sites for hydroxylation is 1. The largest absolute Gasteiger partial charge is 0.383 e. The van der Waals surface area contributed by atoms with Crippen molar-refractivity contribution in [2.24, 2.45) is 0 Å². The van der Waals surface area contributed by atoms with Gasteiger partial charge in [0.2, 0.25) is 5.91 Å². The van der Waals surface area contributed by atoms with Crippen LogP contribution in [0.2, 0.25) is 0 Å². The van der Waals surface area contributed by atoms with Crippen LogP contribution < -0.4 is 16.0 Å². The molecule has 1 fully saturated rings. The van der Waals surface area contributed by atoms with Gasteiger partial charge in [-0.1, -0.05) is 24.3 Å². The molecule has 1 aromatic rings. The maximum Gasteiger partial charge on any atom is 0.325 e. The number of imide groups is 1. The molecule has 3 N–H and O–H groups in total. The maximum atomic E-state index is 12.9. The van der Waals surface area contributed by atoms with Crippen LogP contribution >= 0.6 is 0 Å². The lowest BCUT2D eigenvalue weighted by atomic mass is 9.92. The Morgan fingerprint density at radius 1 is 1.27 bits per heavy atom. The summed E-state index contributed by atoms with van der Waals surface area (Å²) in [5, 5.41) is 8.63. The second-order valence-corrected chi connectivity index (χ2v) is 6.48. The van der Waals surface area contributed by atoms with Crippen LogP contribution in [0, 0.1) is 0 Å². The van der Waals surface area contributed by atoms with Crippen LogP contribution in [0.5, 0.6) is 0 Å². The predicted molar refractivity (Wildman–Crippen MR) is 94.4 cm³/mol. The number of nitrogens with one attached hydrogen (secondary N) is 3. The fourth-order valence-corrected chi connectivity index (χ4v) is 3.52. The average Bonchev–Trinajstić information content (AvgIpc) is 3.12. The Bertz CT molecular complexity index is 708. The Morgan fingerprint density at radius 3 is 2.88 bits per heavy atom. The molecule has 4 amide bonds. The van der Waals surface area contributed by atoms with E-state index in [9.17, 15) is 14.4 Å². The van der Waals surface area contributed by atoms with E-state index in [1.807, 2.05) is 24.3 Å². The first-order valence-corrected chi connectivity index (χ1v) is 8.77. The minimum atomic E-state index is -1.02. The second kappa shape index (κ2) is 7.84. The molecule has 3 rings (SSSR count). The number of carbonyl (C=O) groups excluding carboxylic acids is 3. The van der Waals surface area contributed by atoms with Gasteiger partial charge in [-0.2, -0.15) is 0 Å². The number of urea groups is 1. The summed E-state index contributed by atoms with van der Waals surface area (Å²) < 4.78 is 4.91. The molecule has 1 aliphatic carbocycles. The average molecular weight is 360 g/mol. The summed E-state index contributed by atoms with van der Waals surface area (Å²) >= 11 is 0. The summed E-state index contributed by atoms with van der Waals surface area (Å²) in [7, 11) is 1.62. The molecule has 140 valence electrons. The highest BCUT2D eigenvalue weighted by molar-refractivity contribution is 6.09. The van der Waals surface area contributed by atoms with Gasteiger partial charge in [0.1, 0.15) is 12.1 Å². The minimum absolute atomic E-state index is 0.271. The zero-order valence-corrected chi connectivity index (χ0v) is 14.8. The van der Waals surface area contributed by atoms with Crippen molar-refractivity contribution in [2.45, 2.75) is 18.4 Å². The van der Waals surface area contributed by atoms with Gasteiger partial charge in [-0.05, 0) is 24.0 Å². The summed E-state index contributed by atoms with van der Waals surface area (Å²) in [4.78, 5) is 38.4. The molecule has 8 heteroatoms. The van der Waals surface area contributed by atoms with Gasteiger partial charge in [0.05, 0.1) is 6.61 Å². The molecule has 1 unspecified atom stereocenters. The Balaban J connectivity index is 1.56. The van der Waals surface area contributed by atoms with Crippen molar-refractivity contribution in [1.82, 2.24) is 20.9 Å². The van der Waals surface area contributed by atoms with Crippen LogP contribution in [0.15, 0.2) is 24.3 Å². The van der Waals surface area contributed by atoms with Crippen molar-refractivity contribution >= 4 is 17.8 Å². The maximum absolute atomic E-state index is 12.9. The first-order chi connectivity index (χ1) is 12.6. The van der Waals surface area contributed by atoms with E-state index in [4.69, 9.17) is 4.74 Å². The smallest absolute Gasteiger partial charge is 0.325 e. The topological polar surface area (TPSA) is 99.8 Å². The second-order valence-electron chi connectivity index (χ2n) is 6.48. The van der Waals surface area contributed by atoms with Crippen molar-refractivity contribution in [3.63, 3.8) is 0 Å². The van der Waals surface area contributed by atoms with Crippen LogP contribution in [0.3, 0.4) is 0 Å². The molecule has 0 bridgehead atoms. The molecule has 1 aliphatic heterocycles. The molecule has 0 aromatic heterocycles. The van der Waals surface area contributed by atoms with Gasteiger partial charge < -0.3 is 20.7 Å². The van der Waals surface area contributed by atoms with Gasteiger partial charge >= 0.3 is 6.03 Å². The van der Waals surface area contributed by atoms with Gasteiger partial charge in [-0.15, -0.1) is 0 Å². The number of ether oxygens (including phenoxy) is 1. The number of benzene rings is 1. The Hall–Kier alpha value is -2.45. The number of amides is 4. The van der Waals surface area contributed by atoms with Crippen LogP contribution in [0.4, 0.5) is 4.79 Å². The summed E-state index contributed by atoms with van der Waals surface area (Å²) in [6, 6.07) is 7.10. The normalized spacial score (nSPS) is 21.2. The molecule has 0 radical (unpaired) electrons. The van der Waals surface area contributed by atoms with Gasteiger partial charge in [0.25, 0.3) is 5.91 Å². The summed E-state index contributed by atoms with van der Waals surface area (Å²) in [6.45, 7) is 2.03. The van der Waals surface area contributed by atoms with E-state index < -0.39 is 11.6 Å². The number of hydrogen-bond donors (Lipinski definition) is 3. The molecule has 2 aliphatic rings. The van der Waals surface area contributed by atoms with E-state index in [0.717, 1.165) is 22.4 Å². The van der Waals surface area contributed by atoms with E-state index in [0.29, 0.717) is 32.7 Å². The first-order valence-electron chi connectivity index (χ1n) is 8.77. The predicted octanol–water partition coefficient (Wildman–Crippen LogP) is -0.268. The molecule has 1 heterocycles. The monoisotopic (exact) mass is 360 g/mol. The van der Waals surface area contributed by atoms with E-state index in [2.05, 4.69) is 16.0 Å². The highest BCUT2D eigenvalue weighted by Gasteiger charge is 2.55. The van der Waals surface area contributed by atoms with E-state index in [1.165, 1.54) is 0 Å². The van der Waals surface area contributed by atoms with Crippen molar-refractivity contribution in [2.75, 3.05) is 39.9 Å². The molecule has 26 heavy (non-hydrogen) atoms. The Labute approximate surface area is 152 Å². The minimum Gasteiger partial charge on any atom is -0.383 e. The van der Waals surface area contributed by atoms with E-state index >= 15 is 0 Å². The van der Waals surface area contributed by atoms with Crippen molar-refractivity contribution in [3.05, 3.63) is 35.4 Å². The summed E-state index contributed by atoms with van der Waals surface area (Å²) in [5.74, 6) is -0.703. The van der Waals surface area contributed by atoms with Crippen molar-refractivity contribution in [3.8, 4) is 0 Å². The van der Waals surface area contributed by atoms with Gasteiger partial charge in [0, 0.05) is 26.7 Å². The fourth-order valence-electron chi connectivity index (χ4n) is 3.52. The van der Waals surface area contributed by atoms with E-state index in [-0.39, 0.29) is 18.4 Å². The number of nitrogens with zero attached hydrogens (tertiary/aromatic N) is 1. The zero-order chi connectivity index (χ0) is 18.6. The quantitative estimate of drug-likeness (QED) is 0.438. The number of hydrogen-bond acceptors (Lipinski definition) is 5. The Kier molecular flexibility index (Phi) is 5.53. The molecule has 1 saturated heterocycles. The third-order valence-electron chi connectivity index (χ3n) is 4.83. The van der Waals surface area contributed by atoms with Crippen molar-refractivity contribution in [1.29, 1.82) is 0 Å². The van der Waals surface area contributed by atoms with Crippen LogP contribution in [-0.4, -0.2) is 62.6 Å². The molecular formula is C18H24N4O4. The fraction of sp³-hybridized carbons (Fsp3) is 0.500. The van der Waals surface area contributed by atoms with Gasteiger partial charge in [-0.25, -0.2) is 4.79 Å². The van der Waals surface area contributed by atoms with Crippen LogP contribution in [0.1, 0.15) is 17.5 Å². The van der Waals surface area contributed by atoms with Crippen LogP contribution in [-0.2, 0) is 26.3 Å². The Morgan fingerprint density at radius 2 is 2.08 bits per heavy atom. The first kappa shape index (κ1) is 18.3. The molecule has 0 saturated carbocycles. The van der Waals surface area contributed by atoms with E-state index in [1.54, 1.807) is 7.11 Å².